The molecule has 0 radical (unpaired) electrons. The van der Waals surface area contributed by atoms with Gasteiger partial charge in [0, 0.05) is 19.4 Å². The first-order valence-corrected chi connectivity index (χ1v) is 8.53. The topological polar surface area (TPSA) is 54.3 Å². The SMILES string of the molecule is O=C(CCc1ccc(-c2ccccc2F)o1)NCC1CCCNC1. The van der Waals surface area contributed by atoms with E-state index in [0.717, 1.165) is 26.1 Å². The minimum atomic E-state index is -0.308. The highest BCUT2D eigenvalue weighted by atomic mass is 19.1. The van der Waals surface area contributed by atoms with Gasteiger partial charge < -0.3 is 15.1 Å². The lowest BCUT2D eigenvalue weighted by molar-refractivity contribution is -0.121. The maximum absolute atomic E-state index is 13.7. The molecule has 1 unspecified atom stereocenters. The third kappa shape index (κ3) is 4.45. The van der Waals surface area contributed by atoms with Gasteiger partial charge in [-0.3, -0.25) is 4.79 Å². The summed E-state index contributed by atoms with van der Waals surface area (Å²) >= 11 is 0. The summed E-state index contributed by atoms with van der Waals surface area (Å²) in [5.74, 6) is 1.44. The van der Waals surface area contributed by atoms with Gasteiger partial charge in [-0.1, -0.05) is 12.1 Å². The minimum Gasteiger partial charge on any atom is -0.461 e. The van der Waals surface area contributed by atoms with E-state index in [2.05, 4.69) is 10.6 Å². The Morgan fingerprint density at radius 1 is 1.29 bits per heavy atom. The van der Waals surface area contributed by atoms with Gasteiger partial charge in [0.1, 0.15) is 17.3 Å². The van der Waals surface area contributed by atoms with Gasteiger partial charge in [-0.25, -0.2) is 4.39 Å². The maximum atomic E-state index is 13.7. The quantitative estimate of drug-likeness (QED) is 0.855. The second kappa shape index (κ2) is 8.11. The fourth-order valence-corrected chi connectivity index (χ4v) is 3.00. The van der Waals surface area contributed by atoms with E-state index in [0.29, 0.717) is 35.8 Å². The van der Waals surface area contributed by atoms with E-state index in [-0.39, 0.29) is 11.7 Å². The molecule has 1 fully saturated rings. The van der Waals surface area contributed by atoms with Crippen LogP contribution >= 0.6 is 0 Å². The van der Waals surface area contributed by atoms with E-state index in [1.54, 1.807) is 30.3 Å². The predicted molar refractivity (Wildman–Crippen MR) is 91.0 cm³/mol. The Hall–Kier alpha value is -2.14. The zero-order valence-corrected chi connectivity index (χ0v) is 13.7. The first-order valence-electron chi connectivity index (χ1n) is 8.53. The van der Waals surface area contributed by atoms with E-state index in [4.69, 9.17) is 4.42 Å². The molecule has 0 aliphatic carbocycles. The average molecular weight is 330 g/mol. The molecule has 1 aliphatic rings. The molecule has 128 valence electrons. The average Bonchev–Trinajstić information content (AvgIpc) is 3.08. The summed E-state index contributed by atoms with van der Waals surface area (Å²) in [7, 11) is 0. The van der Waals surface area contributed by atoms with Crippen molar-refractivity contribution < 1.29 is 13.6 Å². The number of aryl methyl sites for hydroxylation is 1. The van der Waals surface area contributed by atoms with Crippen molar-refractivity contribution in [3.8, 4) is 11.3 Å². The van der Waals surface area contributed by atoms with Gasteiger partial charge in [-0.15, -0.1) is 0 Å². The number of nitrogens with one attached hydrogen (secondary N) is 2. The van der Waals surface area contributed by atoms with Crippen molar-refractivity contribution in [1.29, 1.82) is 0 Å². The van der Waals surface area contributed by atoms with Crippen molar-refractivity contribution in [1.82, 2.24) is 10.6 Å². The lowest BCUT2D eigenvalue weighted by Crippen LogP contribution is -2.38. The van der Waals surface area contributed by atoms with Crippen LogP contribution in [0.4, 0.5) is 4.39 Å². The van der Waals surface area contributed by atoms with Gasteiger partial charge in [0.25, 0.3) is 0 Å². The molecule has 1 atom stereocenters. The number of benzene rings is 1. The molecule has 1 saturated heterocycles. The minimum absolute atomic E-state index is 0.0319. The van der Waals surface area contributed by atoms with Crippen LogP contribution in [-0.2, 0) is 11.2 Å². The summed E-state index contributed by atoms with van der Waals surface area (Å²) < 4.78 is 19.4. The lowest BCUT2D eigenvalue weighted by Gasteiger charge is -2.22. The Kier molecular flexibility index (Phi) is 5.64. The zero-order valence-electron chi connectivity index (χ0n) is 13.7. The number of halogens is 1. The fraction of sp³-hybridized carbons (Fsp3) is 0.421. The standard InChI is InChI=1S/C19H23FN2O2/c20-17-6-2-1-5-16(17)18-9-7-15(24-18)8-10-19(23)22-13-14-4-3-11-21-12-14/h1-2,5-7,9,14,21H,3-4,8,10-13H2,(H,22,23). The number of piperidine rings is 1. The monoisotopic (exact) mass is 330 g/mol. The van der Waals surface area contributed by atoms with Gasteiger partial charge in [-0.2, -0.15) is 0 Å². The number of carbonyl (C=O) groups excluding carboxylic acids is 1. The molecule has 0 spiro atoms. The van der Waals surface area contributed by atoms with Crippen LogP contribution in [0.1, 0.15) is 25.0 Å². The molecule has 0 bridgehead atoms. The van der Waals surface area contributed by atoms with Crippen LogP contribution in [0.25, 0.3) is 11.3 Å². The molecule has 2 N–H and O–H groups in total. The van der Waals surface area contributed by atoms with E-state index in [1.807, 2.05) is 0 Å². The molecule has 2 aromatic rings. The second-order valence-corrected chi connectivity index (χ2v) is 6.26. The summed E-state index contributed by atoms with van der Waals surface area (Å²) in [4.78, 5) is 12.0. The highest BCUT2D eigenvalue weighted by Gasteiger charge is 2.14. The number of furan rings is 1. The second-order valence-electron chi connectivity index (χ2n) is 6.26. The molecular weight excluding hydrogens is 307 g/mol. The highest BCUT2D eigenvalue weighted by Crippen LogP contribution is 2.25. The highest BCUT2D eigenvalue weighted by molar-refractivity contribution is 5.76. The Morgan fingerprint density at radius 3 is 2.96 bits per heavy atom. The van der Waals surface area contributed by atoms with Gasteiger partial charge in [0.15, 0.2) is 0 Å². The molecule has 2 heterocycles. The molecule has 4 nitrogen and oxygen atoms in total. The molecule has 1 aliphatic heterocycles. The zero-order chi connectivity index (χ0) is 16.8. The Labute approximate surface area is 141 Å². The van der Waals surface area contributed by atoms with Crippen LogP contribution < -0.4 is 10.6 Å². The summed E-state index contributed by atoms with van der Waals surface area (Å²) in [6.45, 7) is 2.78. The number of hydrogen-bond acceptors (Lipinski definition) is 3. The summed E-state index contributed by atoms with van der Waals surface area (Å²) in [6.07, 6.45) is 3.23. The van der Waals surface area contributed by atoms with Gasteiger partial charge in [-0.05, 0) is 56.1 Å². The predicted octanol–water partition coefficient (Wildman–Crippen LogP) is 3.13. The van der Waals surface area contributed by atoms with Crippen LogP contribution in [0.3, 0.4) is 0 Å². The molecule has 1 aromatic heterocycles. The van der Waals surface area contributed by atoms with Crippen molar-refractivity contribution in [2.24, 2.45) is 5.92 Å². The first-order chi connectivity index (χ1) is 11.7. The summed E-state index contributed by atoms with van der Waals surface area (Å²) in [5, 5.41) is 6.33. The lowest BCUT2D eigenvalue weighted by atomic mass is 10.00. The summed E-state index contributed by atoms with van der Waals surface area (Å²) in [6, 6.07) is 10.1. The van der Waals surface area contributed by atoms with Crippen molar-refractivity contribution in [2.75, 3.05) is 19.6 Å². The van der Waals surface area contributed by atoms with Crippen LogP contribution in [0.2, 0.25) is 0 Å². The molecule has 3 rings (SSSR count). The van der Waals surface area contributed by atoms with E-state index < -0.39 is 0 Å². The van der Waals surface area contributed by atoms with Crippen molar-refractivity contribution in [2.45, 2.75) is 25.7 Å². The number of carbonyl (C=O) groups is 1. The number of amides is 1. The van der Waals surface area contributed by atoms with E-state index >= 15 is 0 Å². The smallest absolute Gasteiger partial charge is 0.220 e. The Bertz CT molecular complexity index is 678. The molecular formula is C19H23FN2O2. The summed E-state index contributed by atoms with van der Waals surface area (Å²) in [5.41, 5.74) is 0.443. The Morgan fingerprint density at radius 2 is 2.17 bits per heavy atom. The number of hydrogen-bond donors (Lipinski definition) is 2. The molecule has 1 amide bonds. The molecule has 1 aromatic carbocycles. The van der Waals surface area contributed by atoms with E-state index in [9.17, 15) is 9.18 Å². The fourth-order valence-electron chi connectivity index (χ4n) is 3.00. The van der Waals surface area contributed by atoms with Gasteiger partial charge in [0.05, 0.1) is 5.56 Å². The third-order valence-electron chi connectivity index (χ3n) is 4.39. The third-order valence-corrected chi connectivity index (χ3v) is 4.39. The van der Waals surface area contributed by atoms with Crippen molar-refractivity contribution in [3.63, 3.8) is 0 Å². The van der Waals surface area contributed by atoms with Crippen LogP contribution in [0.15, 0.2) is 40.8 Å². The van der Waals surface area contributed by atoms with Crippen LogP contribution in [0.5, 0.6) is 0 Å². The van der Waals surface area contributed by atoms with Gasteiger partial charge in [0.2, 0.25) is 5.91 Å². The molecule has 5 heteroatoms. The molecule has 24 heavy (non-hydrogen) atoms. The normalized spacial score (nSPS) is 17.6. The van der Waals surface area contributed by atoms with Crippen molar-refractivity contribution >= 4 is 5.91 Å². The Balaban J connectivity index is 1.46. The van der Waals surface area contributed by atoms with Gasteiger partial charge >= 0.3 is 0 Å². The first kappa shape index (κ1) is 16.7. The number of rotatable bonds is 6. The van der Waals surface area contributed by atoms with E-state index in [1.165, 1.54) is 12.5 Å². The van der Waals surface area contributed by atoms with Crippen LogP contribution in [-0.4, -0.2) is 25.5 Å². The molecule has 0 saturated carbocycles. The van der Waals surface area contributed by atoms with Crippen molar-refractivity contribution in [3.05, 3.63) is 48.0 Å². The maximum Gasteiger partial charge on any atom is 0.220 e. The van der Waals surface area contributed by atoms with Crippen LogP contribution in [0, 0.1) is 11.7 Å². The largest absolute Gasteiger partial charge is 0.461 e.